The topological polar surface area (TPSA) is 87.9 Å². The highest BCUT2D eigenvalue weighted by molar-refractivity contribution is 5.77. The zero-order chi connectivity index (χ0) is 16.7. The number of ether oxygens (including phenoxy) is 3. The Morgan fingerprint density at radius 3 is 2.30 bits per heavy atom. The van der Waals surface area contributed by atoms with Crippen molar-refractivity contribution in [2.24, 2.45) is 0 Å². The molecular weight excluding hydrogens is 302 g/mol. The second kappa shape index (κ2) is 7.79. The van der Waals surface area contributed by atoms with E-state index < -0.39 is 4.92 Å². The molecule has 0 saturated carbocycles. The minimum atomic E-state index is -0.591. The smallest absolute Gasteiger partial charge is 0.311 e. The summed E-state index contributed by atoms with van der Waals surface area (Å²) in [6.07, 6.45) is 0.545. The molecule has 0 radical (unpaired) electrons. The van der Waals surface area contributed by atoms with E-state index in [1.807, 2.05) is 0 Å². The molecule has 0 spiro atoms. The lowest BCUT2D eigenvalue weighted by molar-refractivity contribution is -0.385. The fourth-order valence-corrected chi connectivity index (χ4v) is 1.86. The van der Waals surface area contributed by atoms with Gasteiger partial charge in [-0.1, -0.05) is 0 Å². The van der Waals surface area contributed by atoms with Crippen LogP contribution in [0.3, 0.4) is 0 Å². The van der Waals surface area contributed by atoms with Crippen molar-refractivity contribution in [1.82, 2.24) is 0 Å². The van der Waals surface area contributed by atoms with Crippen molar-refractivity contribution in [3.8, 4) is 17.2 Å². The summed E-state index contributed by atoms with van der Waals surface area (Å²) in [5.74, 6) is 1.46. The number of aldehydes is 1. The van der Waals surface area contributed by atoms with Crippen LogP contribution in [0.2, 0.25) is 0 Å². The average molecular weight is 317 g/mol. The van der Waals surface area contributed by atoms with Crippen LogP contribution < -0.4 is 14.2 Å². The molecule has 0 heterocycles. The van der Waals surface area contributed by atoms with Gasteiger partial charge in [-0.2, -0.15) is 0 Å². The van der Waals surface area contributed by atoms with Crippen LogP contribution in [0.4, 0.5) is 5.69 Å². The number of methoxy groups -OCH3 is 1. The monoisotopic (exact) mass is 317 g/mol. The lowest BCUT2D eigenvalue weighted by Crippen LogP contribution is -2.10. The van der Waals surface area contributed by atoms with Gasteiger partial charge in [0.25, 0.3) is 0 Å². The summed E-state index contributed by atoms with van der Waals surface area (Å²) in [4.78, 5) is 21.0. The Hall–Kier alpha value is -3.09. The molecule has 0 N–H and O–H groups in total. The van der Waals surface area contributed by atoms with E-state index in [9.17, 15) is 14.9 Å². The first kappa shape index (κ1) is 16.3. The Labute approximate surface area is 132 Å². The molecule has 2 aromatic carbocycles. The molecular formula is C16H15NO6. The predicted molar refractivity (Wildman–Crippen MR) is 82.5 cm³/mol. The number of carbonyl (C=O) groups is 1. The van der Waals surface area contributed by atoms with Gasteiger partial charge in [0.15, 0.2) is 5.75 Å². The molecule has 120 valence electrons. The van der Waals surface area contributed by atoms with Gasteiger partial charge in [0.1, 0.15) is 31.0 Å². The Kier molecular flexibility index (Phi) is 5.51. The van der Waals surface area contributed by atoms with E-state index in [1.54, 1.807) is 31.4 Å². The molecule has 0 aromatic heterocycles. The van der Waals surface area contributed by atoms with E-state index in [4.69, 9.17) is 14.2 Å². The van der Waals surface area contributed by atoms with Crippen LogP contribution in [0.25, 0.3) is 0 Å². The average Bonchev–Trinajstić information content (AvgIpc) is 2.59. The quantitative estimate of drug-likeness (QED) is 0.322. The summed E-state index contributed by atoms with van der Waals surface area (Å²) < 4.78 is 15.9. The molecule has 0 atom stereocenters. The van der Waals surface area contributed by atoms with Crippen molar-refractivity contribution in [3.63, 3.8) is 0 Å². The highest BCUT2D eigenvalue weighted by atomic mass is 16.6. The summed E-state index contributed by atoms with van der Waals surface area (Å²) in [6, 6.07) is 11.1. The molecule has 2 rings (SSSR count). The van der Waals surface area contributed by atoms with Gasteiger partial charge >= 0.3 is 5.69 Å². The Morgan fingerprint density at radius 1 is 1.04 bits per heavy atom. The number of nitro groups is 1. The first-order chi connectivity index (χ1) is 11.1. The van der Waals surface area contributed by atoms with E-state index in [2.05, 4.69) is 0 Å². The summed E-state index contributed by atoms with van der Waals surface area (Å²) in [6.45, 7) is 0.353. The minimum Gasteiger partial charge on any atom is -0.497 e. The van der Waals surface area contributed by atoms with E-state index in [-0.39, 0.29) is 30.2 Å². The third-order valence-corrected chi connectivity index (χ3v) is 2.98. The predicted octanol–water partition coefficient (Wildman–Crippen LogP) is 2.87. The number of hydrogen-bond donors (Lipinski definition) is 0. The molecule has 7 heteroatoms. The number of nitrogens with zero attached hydrogens (tertiary/aromatic N) is 1. The van der Waals surface area contributed by atoms with Crippen LogP contribution >= 0.6 is 0 Å². The minimum absolute atomic E-state index is 0.0962. The van der Waals surface area contributed by atoms with Gasteiger partial charge in [-0.3, -0.25) is 14.9 Å². The molecule has 23 heavy (non-hydrogen) atoms. The molecule has 2 aromatic rings. The van der Waals surface area contributed by atoms with Gasteiger partial charge in [-0.25, -0.2) is 0 Å². The molecule has 0 aliphatic rings. The lowest BCUT2D eigenvalue weighted by Gasteiger charge is -2.09. The van der Waals surface area contributed by atoms with E-state index in [0.29, 0.717) is 12.0 Å². The molecule has 0 saturated heterocycles. The summed E-state index contributed by atoms with van der Waals surface area (Å²) >= 11 is 0. The fourth-order valence-electron chi connectivity index (χ4n) is 1.86. The third kappa shape index (κ3) is 4.44. The Bertz CT molecular complexity index is 683. The number of hydrogen-bond acceptors (Lipinski definition) is 6. The first-order valence-corrected chi connectivity index (χ1v) is 6.77. The highest BCUT2D eigenvalue weighted by Crippen LogP contribution is 2.27. The maximum Gasteiger partial charge on any atom is 0.311 e. The van der Waals surface area contributed by atoms with Crippen LogP contribution in [0, 0.1) is 10.1 Å². The number of carbonyl (C=O) groups excluding carboxylic acids is 1. The Morgan fingerprint density at radius 2 is 1.70 bits per heavy atom. The summed E-state index contributed by atoms with van der Waals surface area (Å²) in [5, 5.41) is 11.0. The second-order valence-electron chi connectivity index (χ2n) is 4.47. The van der Waals surface area contributed by atoms with Crippen molar-refractivity contribution < 1.29 is 23.9 Å². The molecule has 0 unspecified atom stereocenters. The van der Waals surface area contributed by atoms with Crippen LogP contribution in [0.1, 0.15) is 10.4 Å². The summed E-state index contributed by atoms with van der Waals surface area (Å²) in [7, 11) is 1.58. The summed E-state index contributed by atoms with van der Waals surface area (Å²) in [5.41, 5.74) is -0.0300. The normalized spacial score (nSPS) is 9.96. The third-order valence-electron chi connectivity index (χ3n) is 2.98. The van der Waals surface area contributed by atoms with Crippen LogP contribution in [-0.2, 0) is 0 Å². The standard InChI is InChI=1S/C16H15NO6/c1-21-13-3-5-14(6-4-13)22-8-9-23-16-7-2-12(11-18)10-15(16)17(19)20/h2-7,10-11H,8-9H2,1H3. The van der Waals surface area contributed by atoms with Gasteiger partial charge in [0, 0.05) is 11.6 Å². The van der Waals surface area contributed by atoms with Crippen molar-refractivity contribution in [2.45, 2.75) is 0 Å². The maximum absolute atomic E-state index is 11.0. The largest absolute Gasteiger partial charge is 0.497 e. The van der Waals surface area contributed by atoms with Gasteiger partial charge in [0.05, 0.1) is 12.0 Å². The van der Waals surface area contributed by atoms with Gasteiger partial charge in [-0.05, 0) is 36.4 Å². The molecule has 0 amide bonds. The van der Waals surface area contributed by atoms with Crippen molar-refractivity contribution in [2.75, 3.05) is 20.3 Å². The van der Waals surface area contributed by atoms with Gasteiger partial charge < -0.3 is 14.2 Å². The van der Waals surface area contributed by atoms with Crippen LogP contribution in [0.5, 0.6) is 17.2 Å². The molecule has 0 aliphatic heterocycles. The lowest BCUT2D eigenvalue weighted by atomic mass is 10.2. The zero-order valence-electron chi connectivity index (χ0n) is 12.4. The zero-order valence-corrected chi connectivity index (χ0v) is 12.4. The first-order valence-electron chi connectivity index (χ1n) is 6.77. The molecule has 7 nitrogen and oxygen atoms in total. The van der Waals surface area contributed by atoms with Gasteiger partial charge in [0.2, 0.25) is 0 Å². The van der Waals surface area contributed by atoms with Crippen molar-refractivity contribution in [3.05, 3.63) is 58.1 Å². The SMILES string of the molecule is COc1ccc(OCCOc2ccc(C=O)cc2[N+](=O)[O-])cc1. The number of nitro benzene ring substituents is 1. The Balaban J connectivity index is 1.90. The number of benzene rings is 2. The second-order valence-corrected chi connectivity index (χ2v) is 4.47. The van der Waals surface area contributed by atoms with E-state index in [0.717, 1.165) is 5.75 Å². The van der Waals surface area contributed by atoms with Crippen LogP contribution in [-0.4, -0.2) is 31.5 Å². The molecule has 0 fully saturated rings. The van der Waals surface area contributed by atoms with E-state index >= 15 is 0 Å². The maximum atomic E-state index is 11.0. The van der Waals surface area contributed by atoms with Crippen LogP contribution in [0.15, 0.2) is 42.5 Å². The molecule has 0 aliphatic carbocycles. The highest BCUT2D eigenvalue weighted by Gasteiger charge is 2.15. The van der Waals surface area contributed by atoms with Crippen molar-refractivity contribution >= 4 is 12.0 Å². The van der Waals surface area contributed by atoms with Crippen molar-refractivity contribution in [1.29, 1.82) is 0 Å². The fraction of sp³-hybridized carbons (Fsp3) is 0.188. The number of rotatable bonds is 8. The van der Waals surface area contributed by atoms with Gasteiger partial charge in [-0.15, -0.1) is 0 Å². The molecule has 0 bridgehead atoms. The van der Waals surface area contributed by atoms with E-state index in [1.165, 1.54) is 18.2 Å².